The highest BCUT2D eigenvalue weighted by atomic mass is 16.5. The van der Waals surface area contributed by atoms with Crippen molar-refractivity contribution >= 4 is 70.2 Å². The second-order valence-corrected chi connectivity index (χ2v) is 25.5. The Labute approximate surface area is 583 Å². The summed E-state index contributed by atoms with van der Waals surface area (Å²) >= 11 is 0. The highest BCUT2D eigenvalue weighted by molar-refractivity contribution is 6.08. The molecule has 6 aromatic rings. The van der Waals surface area contributed by atoms with E-state index in [2.05, 4.69) is 31.9 Å². The molecule has 6 N–H and O–H groups in total. The molecule has 0 saturated carbocycles. The zero-order chi connectivity index (χ0) is 73.7. The van der Waals surface area contributed by atoms with Crippen LogP contribution in [0.3, 0.4) is 0 Å². The number of amides is 9. The first-order valence-corrected chi connectivity index (χ1v) is 33.8. The van der Waals surface area contributed by atoms with Crippen LogP contribution in [0.25, 0.3) is 0 Å². The third kappa shape index (κ3) is 16.4. The summed E-state index contributed by atoms with van der Waals surface area (Å²) < 4.78 is 67.2. The molecule has 6 aromatic carbocycles. The number of carbonyl (C=O) groups excluding carboxylic acids is 9. The van der Waals surface area contributed by atoms with Crippen LogP contribution in [0.15, 0.2) is 127 Å². The van der Waals surface area contributed by atoms with Gasteiger partial charge in [0.25, 0.3) is 17.7 Å². The van der Waals surface area contributed by atoms with Gasteiger partial charge in [0.2, 0.25) is 35.4 Å². The second-order valence-electron chi connectivity index (χ2n) is 25.5. The highest BCUT2D eigenvalue weighted by Crippen LogP contribution is 2.36. The Morgan fingerprint density at radius 2 is 0.606 bits per heavy atom. The van der Waals surface area contributed by atoms with Gasteiger partial charge in [0.15, 0.2) is 0 Å². The molecule has 0 radical (unpaired) electrons. The Hall–Kier alpha value is -9.69. The number of nitrogens with zero attached hydrogens (tertiary/aromatic N) is 6. The van der Waals surface area contributed by atoms with Crippen molar-refractivity contribution in [1.29, 1.82) is 0 Å². The molecule has 0 aliphatic carbocycles. The molecule has 6 saturated heterocycles. The van der Waals surface area contributed by atoms with Crippen molar-refractivity contribution in [2.45, 2.75) is 115 Å². The van der Waals surface area contributed by atoms with Crippen molar-refractivity contribution in [3.8, 4) is 0 Å². The smallest absolute Gasteiger partial charge is 0.255 e. The first-order valence-electron chi connectivity index (χ1n) is 36.8. The van der Waals surface area contributed by atoms with Crippen LogP contribution in [-0.2, 0) is 102 Å². The quantitative estimate of drug-likeness (QED) is 0.0565. The minimum atomic E-state index is -1.56. The van der Waals surface area contributed by atoms with E-state index in [0.29, 0.717) is 171 Å². The van der Waals surface area contributed by atoms with Gasteiger partial charge in [-0.2, -0.15) is 0 Å². The molecular formula is C75H84N12O12. The van der Waals surface area contributed by atoms with Gasteiger partial charge in [0.1, 0.15) is 18.1 Å². The van der Waals surface area contributed by atoms with E-state index in [9.17, 15) is 43.2 Å². The van der Waals surface area contributed by atoms with Gasteiger partial charge in [0.05, 0.1) is 39.6 Å². The summed E-state index contributed by atoms with van der Waals surface area (Å²) in [7, 11) is 0. The molecule has 0 spiro atoms. The summed E-state index contributed by atoms with van der Waals surface area (Å²) in [5.41, 5.74) is 11.4. The maximum Gasteiger partial charge on any atom is 0.255 e. The van der Waals surface area contributed by atoms with Gasteiger partial charge in [-0.15, -0.1) is 0 Å². The van der Waals surface area contributed by atoms with Crippen molar-refractivity contribution in [2.75, 3.05) is 94.9 Å². The van der Waals surface area contributed by atoms with Gasteiger partial charge >= 0.3 is 0 Å². The summed E-state index contributed by atoms with van der Waals surface area (Å²) in [6, 6.07) is 36.9. The zero-order valence-corrected chi connectivity index (χ0v) is 54.9. The van der Waals surface area contributed by atoms with Crippen molar-refractivity contribution in [3.05, 3.63) is 194 Å². The molecule has 24 heteroatoms. The van der Waals surface area contributed by atoms with E-state index in [1.807, 2.05) is 109 Å². The van der Waals surface area contributed by atoms with Gasteiger partial charge in [-0.3, -0.25) is 73.8 Å². The number of hydrogen-bond acceptors (Lipinski definition) is 18. The fourth-order valence-electron chi connectivity index (χ4n) is 13.5. The van der Waals surface area contributed by atoms with Crippen molar-refractivity contribution < 1.29 is 65.6 Å². The zero-order valence-electron chi connectivity index (χ0n) is 60.9. The minimum Gasteiger partial charge on any atom is -0.381 e. The third-order valence-corrected chi connectivity index (χ3v) is 19.0. The van der Waals surface area contributed by atoms with E-state index in [4.69, 9.17) is 22.4 Å². The Morgan fingerprint density at radius 1 is 0.354 bits per heavy atom. The molecule has 9 heterocycles. The lowest BCUT2D eigenvalue weighted by Gasteiger charge is -2.29. The van der Waals surface area contributed by atoms with Crippen LogP contribution in [0.5, 0.6) is 0 Å². The monoisotopic (exact) mass is 1350 g/mol. The predicted octanol–water partition coefficient (Wildman–Crippen LogP) is 5.68. The average Bonchev–Trinajstić information content (AvgIpc) is 1.63. The fraction of sp³-hybridized carbons (Fsp3) is 0.400. The molecule has 24 nitrogen and oxygen atoms in total. The van der Waals surface area contributed by atoms with Crippen molar-refractivity contribution in [3.63, 3.8) is 0 Å². The maximum atomic E-state index is 13.0. The fourth-order valence-corrected chi connectivity index (χ4v) is 13.5. The lowest BCUT2D eigenvalue weighted by Crippen LogP contribution is -2.52. The molecule has 9 amide bonds. The number of imide groups is 3. The first kappa shape index (κ1) is 60.5. The Morgan fingerprint density at radius 3 is 0.859 bits per heavy atom. The van der Waals surface area contributed by atoms with Crippen molar-refractivity contribution in [2.24, 2.45) is 0 Å². The van der Waals surface area contributed by atoms with E-state index < -0.39 is 55.3 Å². The largest absolute Gasteiger partial charge is 0.381 e. The minimum absolute atomic E-state index is 0.201. The van der Waals surface area contributed by atoms with Gasteiger partial charge in [-0.05, 0) is 89.0 Å². The van der Waals surface area contributed by atoms with E-state index in [-0.39, 0.29) is 54.7 Å². The maximum absolute atomic E-state index is 13.0. The van der Waals surface area contributed by atoms with Crippen LogP contribution < -0.4 is 31.9 Å². The van der Waals surface area contributed by atoms with Crippen LogP contribution >= 0.6 is 0 Å². The Bertz CT molecular complexity index is 3880. The van der Waals surface area contributed by atoms with Crippen molar-refractivity contribution in [1.82, 2.24) is 45.3 Å². The number of nitrogens with one attached hydrogen (secondary N) is 6. The standard InChI is InChI=1S/3C25H28N4O4/c3*30-23-9-8-22(24(31)27-23)29-16-20-19(25(29)32)2-1-3-21(20)26-14-17-4-6-18(7-5-17)15-28-10-12-33-13-11-28/h3*1-7,22,26H,8-16H2,(H,27,30,31)/t2*22-;/m10./s1/i3*15D2. The van der Waals surface area contributed by atoms with Gasteiger partial charge in [-0.1, -0.05) is 91.0 Å². The molecule has 99 heavy (non-hydrogen) atoms. The molecule has 0 bridgehead atoms. The van der Waals surface area contributed by atoms with Gasteiger partial charge < -0.3 is 44.9 Å². The predicted molar refractivity (Wildman–Crippen MR) is 367 cm³/mol. The second kappa shape index (κ2) is 31.4. The number of benzene rings is 6. The highest BCUT2D eigenvalue weighted by Gasteiger charge is 2.43. The average molecular weight is 1350 g/mol. The number of hydrogen-bond donors (Lipinski definition) is 6. The molecule has 9 aliphatic rings. The lowest BCUT2D eigenvalue weighted by atomic mass is 10.0. The molecular weight excluding hydrogens is 1260 g/mol. The number of rotatable bonds is 18. The molecule has 1 unspecified atom stereocenters. The Kier molecular flexibility index (Phi) is 19.2. The number of ether oxygens (including phenoxy) is 3. The number of anilines is 3. The van der Waals surface area contributed by atoms with E-state index in [1.165, 1.54) is 0 Å². The molecule has 6 fully saturated rings. The van der Waals surface area contributed by atoms with Crippen LogP contribution in [-0.4, -0.2) is 180 Å². The lowest BCUT2D eigenvalue weighted by molar-refractivity contribution is -0.138. The van der Waals surface area contributed by atoms with Crippen LogP contribution in [0, 0.1) is 0 Å². The van der Waals surface area contributed by atoms with Crippen LogP contribution in [0.1, 0.15) is 128 Å². The number of carbonyl (C=O) groups is 9. The number of morpholine rings is 3. The molecule has 15 rings (SSSR count). The molecule has 0 aromatic heterocycles. The summed E-state index contributed by atoms with van der Waals surface area (Å²) in [4.78, 5) is 120. The molecule has 3 atom stereocenters. The van der Waals surface area contributed by atoms with Gasteiger partial charge in [0, 0.05) is 176 Å². The normalized spacial score (nSPS) is 22.5. The number of piperidine rings is 3. The van der Waals surface area contributed by atoms with E-state index >= 15 is 0 Å². The molecule has 9 aliphatic heterocycles. The molecule has 516 valence electrons. The third-order valence-electron chi connectivity index (χ3n) is 19.0. The summed E-state index contributed by atoms with van der Waals surface area (Å²) in [5, 5.41) is 17.2. The van der Waals surface area contributed by atoms with Crippen LogP contribution in [0.4, 0.5) is 17.1 Å². The Balaban J connectivity index is 0.000000140. The SMILES string of the molecule is [2H]C([2H])(c1ccc(CNc2cccc3c2CN(C2CCC(=O)NC2=O)C3=O)cc1)N1CCOCC1.[2H]C([2H])(c1ccc(CNc2cccc3c2CN([C@@H]2CCC(=O)NC2=O)C3=O)cc1)N1CCOCC1.[2H]C([2H])(c1ccc(CNc2cccc3c2CN([C@H]2CCC(=O)NC2=O)C3=O)cc1)N1CCOCC1. The van der Waals surface area contributed by atoms with E-state index in [0.717, 1.165) is 50.4 Å². The van der Waals surface area contributed by atoms with Gasteiger partial charge in [-0.25, -0.2) is 0 Å². The number of fused-ring (bicyclic) bond motifs is 3. The first-order chi connectivity index (χ1) is 50.5. The summed E-state index contributed by atoms with van der Waals surface area (Å²) in [5.74, 6) is -2.78. The summed E-state index contributed by atoms with van der Waals surface area (Å²) in [6.07, 6.45) is 1.66. The van der Waals surface area contributed by atoms with Crippen LogP contribution in [0.2, 0.25) is 0 Å². The summed E-state index contributed by atoms with van der Waals surface area (Å²) in [6.45, 7) is 4.32. The topological polar surface area (TPSA) is 273 Å². The van der Waals surface area contributed by atoms with E-state index in [1.54, 1.807) is 47.6 Å².